The van der Waals surface area contributed by atoms with E-state index in [4.69, 9.17) is 9.26 Å². The van der Waals surface area contributed by atoms with Crippen molar-refractivity contribution in [1.82, 2.24) is 20.4 Å². The number of fused-ring (bicyclic) bond motifs is 1. The summed E-state index contributed by atoms with van der Waals surface area (Å²) in [5, 5.41) is 7.14. The highest BCUT2D eigenvalue weighted by molar-refractivity contribution is 5.94. The van der Waals surface area contributed by atoms with Crippen molar-refractivity contribution in [3.63, 3.8) is 0 Å². The van der Waals surface area contributed by atoms with Gasteiger partial charge in [0.1, 0.15) is 0 Å². The van der Waals surface area contributed by atoms with Gasteiger partial charge in [0.15, 0.2) is 0 Å². The van der Waals surface area contributed by atoms with Crippen molar-refractivity contribution in [2.75, 3.05) is 7.11 Å². The lowest BCUT2D eigenvalue weighted by molar-refractivity contribution is 0.0936. The summed E-state index contributed by atoms with van der Waals surface area (Å²) in [6, 6.07) is 9.40. The average Bonchev–Trinajstić information content (AvgIpc) is 3.35. The van der Waals surface area contributed by atoms with Crippen molar-refractivity contribution in [3.05, 3.63) is 59.1 Å². The molecular weight excluding hydrogens is 344 g/mol. The SMILES string of the molecule is CCc1nc(-c2ccc3c(c2)CC[C@H]3NC(=O)c2ccnc(OC)c2)no1. The summed E-state index contributed by atoms with van der Waals surface area (Å²) in [6.07, 6.45) is 4.04. The maximum Gasteiger partial charge on any atom is 0.252 e. The van der Waals surface area contributed by atoms with Crippen molar-refractivity contribution in [2.45, 2.75) is 32.2 Å². The van der Waals surface area contributed by atoms with Gasteiger partial charge < -0.3 is 14.6 Å². The third-order valence-corrected chi connectivity index (χ3v) is 4.76. The minimum Gasteiger partial charge on any atom is -0.481 e. The molecule has 0 saturated carbocycles. The van der Waals surface area contributed by atoms with Crippen LogP contribution in [-0.4, -0.2) is 28.1 Å². The quantitative estimate of drug-likeness (QED) is 0.748. The number of aromatic nitrogens is 3. The van der Waals surface area contributed by atoms with Gasteiger partial charge in [0.2, 0.25) is 17.6 Å². The molecule has 3 aromatic rings. The number of methoxy groups -OCH3 is 1. The Morgan fingerprint density at radius 1 is 1.33 bits per heavy atom. The van der Waals surface area contributed by atoms with Crippen molar-refractivity contribution in [2.24, 2.45) is 0 Å². The molecule has 27 heavy (non-hydrogen) atoms. The van der Waals surface area contributed by atoms with E-state index < -0.39 is 0 Å². The van der Waals surface area contributed by atoms with Crippen LogP contribution in [0, 0.1) is 0 Å². The van der Waals surface area contributed by atoms with Crippen LogP contribution in [-0.2, 0) is 12.8 Å². The molecule has 4 rings (SSSR count). The molecule has 0 fully saturated rings. The normalized spacial score (nSPS) is 15.4. The number of nitrogens with one attached hydrogen (secondary N) is 1. The highest BCUT2D eigenvalue weighted by Crippen LogP contribution is 2.34. The average molecular weight is 364 g/mol. The molecule has 1 aromatic carbocycles. The van der Waals surface area contributed by atoms with E-state index in [1.54, 1.807) is 18.3 Å². The second kappa shape index (κ2) is 7.19. The molecule has 0 spiro atoms. The second-order valence-electron chi connectivity index (χ2n) is 6.43. The molecule has 1 atom stereocenters. The van der Waals surface area contributed by atoms with Crippen molar-refractivity contribution >= 4 is 5.91 Å². The molecule has 0 aliphatic heterocycles. The zero-order chi connectivity index (χ0) is 18.8. The number of rotatable bonds is 5. The molecule has 0 bridgehead atoms. The first kappa shape index (κ1) is 17.2. The van der Waals surface area contributed by atoms with E-state index in [1.807, 2.05) is 19.1 Å². The number of aryl methyl sites for hydroxylation is 2. The Labute approximate surface area is 156 Å². The summed E-state index contributed by atoms with van der Waals surface area (Å²) in [4.78, 5) is 21.0. The maximum absolute atomic E-state index is 12.6. The minimum atomic E-state index is -0.136. The molecule has 1 amide bonds. The summed E-state index contributed by atoms with van der Waals surface area (Å²) >= 11 is 0. The van der Waals surface area contributed by atoms with Crippen LogP contribution >= 0.6 is 0 Å². The fraction of sp³-hybridized carbons (Fsp3) is 0.300. The third-order valence-electron chi connectivity index (χ3n) is 4.76. The zero-order valence-corrected chi connectivity index (χ0v) is 15.2. The van der Waals surface area contributed by atoms with Crippen LogP contribution < -0.4 is 10.1 Å². The number of ether oxygens (including phenoxy) is 1. The molecular formula is C20H20N4O3. The molecule has 1 aliphatic carbocycles. The highest BCUT2D eigenvalue weighted by atomic mass is 16.5. The lowest BCUT2D eigenvalue weighted by Gasteiger charge is -2.14. The minimum absolute atomic E-state index is 0.0165. The molecule has 7 nitrogen and oxygen atoms in total. The molecule has 0 radical (unpaired) electrons. The number of amides is 1. The van der Waals surface area contributed by atoms with Gasteiger partial charge in [-0.1, -0.05) is 24.2 Å². The molecule has 138 valence electrons. The molecule has 2 heterocycles. The number of nitrogens with zero attached hydrogens (tertiary/aromatic N) is 3. The molecule has 7 heteroatoms. The number of hydrogen-bond acceptors (Lipinski definition) is 6. The van der Waals surface area contributed by atoms with Gasteiger partial charge in [-0.2, -0.15) is 4.98 Å². The van der Waals surface area contributed by atoms with E-state index in [0.717, 1.165) is 24.0 Å². The maximum atomic E-state index is 12.6. The van der Waals surface area contributed by atoms with E-state index in [9.17, 15) is 4.79 Å². The smallest absolute Gasteiger partial charge is 0.252 e. The van der Waals surface area contributed by atoms with Crippen LogP contribution in [0.3, 0.4) is 0 Å². The van der Waals surface area contributed by atoms with Gasteiger partial charge >= 0.3 is 0 Å². The summed E-state index contributed by atoms with van der Waals surface area (Å²) < 4.78 is 10.3. The Kier molecular flexibility index (Phi) is 4.58. The fourth-order valence-corrected chi connectivity index (χ4v) is 3.33. The van der Waals surface area contributed by atoms with Gasteiger partial charge in [-0.25, -0.2) is 4.98 Å². The number of hydrogen-bond donors (Lipinski definition) is 1. The number of pyridine rings is 1. The Balaban J connectivity index is 1.52. The molecule has 0 saturated heterocycles. The molecule has 1 N–H and O–H groups in total. The Morgan fingerprint density at radius 2 is 2.22 bits per heavy atom. The first-order chi connectivity index (χ1) is 13.2. The first-order valence-corrected chi connectivity index (χ1v) is 8.94. The Bertz CT molecular complexity index is 983. The second-order valence-corrected chi connectivity index (χ2v) is 6.43. The highest BCUT2D eigenvalue weighted by Gasteiger charge is 2.25. The standard InChI is InChI=1S/C20H20N4O3/c1-3-17-23-19(24-27-17)13-4-6-15-12(10-13)5-7-16(15)22-20(25)14-8-9-21-18(11-14)26-2/h4,6,8-11,16H,3,5,7H2,1-2H3,(H,22,25)/t16-/m1/s1. The lowest BCUT2D eigenvalue weighted by Crippen LogP contribution is -2.27. The van der Waals surface area contributed by atoms with Crippen molar-refractivity contribution in [1.29, 1.82) is 0 Å². The van der Waals surface area contributed by atoms with E-state index in [1.165, 1.54) is 12.7 Å². The van der Waals surface area contributed by atoms with Gasteiger partial charge in [0.25, 0.3) is 5.91 Å². The monoisotopic (exact) mass is 364 g/mol. The predicted molar refractivity (Wildman–Crippen MR) is 98.4 cm³/mol. The Hall–Kier alpha value is -3.22. The van der Waals surface area contributed by atoms with Gasteiger partial charge in [0.05, 0.1) is 13.2 Å². The fourth-order valence-electron chi connectivity index (χ4n) is 3.33. The molecule has 0 unspecified atom stereocenters. The number of carbonyl (C=O) groups is 1. The zero-order valence-electron chi connectivity index (χ0n) is 15.2. The summed E-state index contributed by atoms with van der Waals surface area (Å²) in [5.41, 5.74) is 3.80. The van der Waals surface area contributed by atoms with Gasteiger partial charge in [-0.05, 0) is 36.1 Å². The van der Waals surface area contributed by atoms with Gasteiger partial charge in [-0.15, -0.1) is 0 Å². The van der Waals surface area contributed by atoms with Crippen molar-refractivity contribution < 1.29 is 14.1 Å². The third kappa shape index (κ3) is 3.40. The van der Waals surface area contributed by atoms with E-state index in [0.29, 0.717) is 29.6 Å². The van der Waals surface area contributed by atoms with E-state index in [-0.39, 0.29) is 11.9 Å². The predicted octanol–water partition coefficient (Wildman–Crippen LogP) is 3.12. The van der Waals surface area contributed by atoms with E-state index >= 15 is 0 Å². The first-order valence-electron chi connectivity index (χ1n) is 8.94. The number of benzene rings is 1. The van der Waals surface area contributed by atoms with Crippen molar-refractivity contribution in [3.8, 4) is 17.3 Å². The summed E-state index contributed by atoms with van der Waals surface area (Å²) in [6.45, 7) is 1.98. The molecule has 1 aliphatic rings. The largest absolute Gasteiger partial charge is 0.481 e. The Morgan fingerprint density at radius 3 is 3.00 bits per heavy atom. The lowest BCUT2D eigenvalue weighted by atomic mass is 10.0. The molecule has 2 aromatic heterocycles. The van der Waals surface area contributed by atoms with Crippen LogP contribution in [0.15, 0.2) is 41.1 Å². The summed E-state index contributed by atoms with van der Waals surface area (Å²) in [7, 11) is 1.53. The van der Waals surface area contributed by atoms with E-state index in [2.05, 4.69) is 26.5 Å². The van der Waals surface area contributed by atoms with Crippen LogP contribution in [0.5, 0.6) is 5.88 Å². The van der Waals surface area contributed by atoms with Crippen LogP contribution in [0.1, 0.15) is 46.8 Å². The van der Waals surface area contributed by atoms with Gasteiger partial charge in [-0.3, -0.25) is 4.79 Å². The summed E-state index contributed by atoms with van der Waals surface area (Å²) in [5.74, 6) is 1.52. The topological polar surface area (TPSA) is 90.1 Å². The number of carbonyl (C=O) groups excluding carboxylic acids is 1. The van der Waals surface area contributed by atoms with Gasteiger partial charge in [0, 0.05) is 29.8 Å². The van der Waals surface area contributed by atoms with Crippen LogP contribution in [0.2, 0.25) is 0 Å². The van der Waals surface area contributed by atoms with Crippen LogP contribution in [0.4, 0.5) is 0 Å². The van der Waals surface area contributed by atoms with Crippen LogP contribution in [0.25, 0.3) is 11.4 Å².